The molecule has 27 heteroatoms. The van der Waals surface area contributed by atoms with Gasteiger partial charge in [0.1, 0.15) is 22.9 Å². The zero-order chi connectivity index (χ0) is 53.4. The number of ether oxygens (including phenoxy) is 3. The van der Waals surface area contributed by atoms with E-state index < -0.39 is 48.8 Å². The molecular formula is C45H55F9N6O11S. The molecule has 2 fully saturated rings. The molecule has 3 aromatic rings. The number of phenolic OH excluding ortho intramolecular Hbond substituents is 1. The van der Waals surface area contributed by atoms with Crippen LogP contribution in [0.1, 0.15) is 71.2 Å². The van der Waals surface area contributed by atoms with Gasteiger partial charge in [0.15, 0.2) is 12.4 Å². The summed E-state index contributed by atoms with van der Waals surface area (Å²) >= 11 is 1.51. The third-order valence-corrected chi connectivity index (χ3v) is 12.4. The number of carbonyl (C=O) groups excluding carboxylic acids is 3. The maximum atomic E-state index is 15.6. The summed E-state index contributed by atoms with van der Waals surface area (Å²) in [6, 6.07) is 8.47. The van der Waals surface area contributed by atoms with Crippen molar-refractivity contribution in [3.05, 3.63) is 68.9 Å². The normalized spacial score (nSPS) is 15.7. The molecule has 3 aliphatic rings. The summed E-state index contributed by atoms with van der Waals surface area (Å²) in [5, 5.41) is 32.8. The van der Waals surface area contributed by atoms with Crippen LogP contribution in [-0.4, -0.2) is 168 Å². The van der Waals surface area contributed by atoms with Crippen LogP contribution in [0.15, 0.2) is 35.7 Å². The molecule has 0 bridgehead atoms. The lowest BCUT2D eigenvalue weighted by molar-refractivity contribution is -0.193. The van der Waals surface area contributed by atoms with Crippen LogP contribution >= 0.6 is 11.3 Å². The summed E-state index contributed by atoms with van der Waals surface area (Å²) in [5.41, 5.74) is 2.12. The number of alkyl halides is 8. The van der Waals surface area contributed by atoms with E-state index in [1.54, 1.807) is 18.2 Å². The standard InChI is InChI=1S/C41H53F3N6O7S.2C2HF3O2/c1-27(2)39-46-31(25-58-39)40(54)50-18-21-57-41(26-50)11-15-48(16-12-41)22-30-5-3-4-28(36(30)44)9-19-55-20-10-35(53)49(23-33(42)43)17-14-45-13-8-29-6-7-32(51)37-38(29)56-24-34(52)47-37;2*3-2(4,5)1(6)7/h3-7,25,27,33,45,51H,8-24,26H2,1-2H3,(H,47,52);2*(H,6,7). The van der Waals surface area contributed by atoms with Crippen LogP contribution in [0, 0.1) is 5.82 Å². The predicted octanol–water partition coefficient (Wildman–Crippen LogP) is 6.09. The first-order valence-corrected chi connectivity index (χ1v) is 23.3. The lowest BCUT2D eigenvalue weighted by Gasteiger charge is -2.47. The second-order valence-electron chi connectivity index (χ2n) is 16.9. The Morgan fingerprint density at radius 1 is 0.944 bits per heavy atom. The number of phenols is 1. The highest BCUT2D eigenvalue weighted by molar-refractivity contribution is 7.09. The first-order valence-electron chi connectivity index (χ1n) is 22.4. The minimum absolute atomic E-state index is 0.0131. The number of morpholine rings is 1. The molecule has 72 heavy (non-hydrogen) atoms. The van der Waals surface area contributed by atoms with E-state index in [4.69, 9.17) is 34.0 Å². The Hall–Kier alpha value is -5.77. The average Bonchev–Trinajstić information content (AvgIpc) is 3.82. The number of amides is 3. The number of halogens is 9. The number of hydrogen-bond donors (Lipinski definition) is 5. The van der Waals surface area contributed by atoms with E-state index in [9.17, 15) is 54.6 Å². The quantitative estimate of drug-likeness (QED) is 0.0553. The van der Waals surface area contributed by atoms with Crippen molar-refractivity contribution in [1.82, 2.24) is 25.0 Å². The van der Waals surface area contributed by atoms with Gasteiger partial charge in [-0.2, -0.15) is 26.3 Å². The number of aliphatic carboxylic acids is 2. The number of nitrogens with one attached hydrogen (secondary N) is 2. The van der Waals surface area contributed by atoms with Gasteiger partial charge in [0.05, 0.1) is 49.9 Å². The van der Waals surface area contributed by atoms with Crippen molar-refractivity contribution in [2.45, 2.75) is 82.8 Å². The van der Waals surface area contributed by atoms with Crippen LogP contribution in [0.2, 0.25) is 0 Å². The fourth-order valence-electron chi connectivity index (χ4n) is 7.50. The monoisotopic (exact) mass is 1060 g/mol. The highest BCUT2D eigenvalue weighted by Gasteiger charge is 2.42. The van der Waals surface area contributed by atoms with Crippen LogP contribution < -0.4 is 15.4 Å². The number of anilines is 1. The molecule has 400 valence electrons. The number of carbonyl (C=O) groups is 5. The molecule has 0 atom stereocenters. The fraction of sp³-hybridized carbons (Fsp3) is 0.556. The maximum absolute atomic E-state index is 15.6. The maximum Gasteiger partial charge on any atom is 0.490 e. The number of carboxylic acid groups (broad SMARTS) is 2. The molecule has 3 amide bonds. The minimum Gasteiger partial charge on any atom is -0.506 e. The molecule has 1 aromatic heterocycles. The van der Waals surface area contributed by atoms with E-state index in [0.29, 0.717) is 81.3 Å². The van der Waals surface area contributed by atoms with Gasteiger partial charge in [-0.3, -0.25) is 19.3 Å². The van der Waals surface area contributed by atoms with E-state index in [0.717, 1.165) is 28.3 Å². The molecule has 1 spiro atoms. The number of piperidine rings is 1. The molecule has 17 nitrogen and oxygen atoms in total. The zero-order valence-electron chi connectivity index (χ0n) is 39.1. The number of aromatic hydroxyl groups is 1. The van der Waals surface area contributed by atoms with Gasteiger partial charge in [0.2, 0.25) is 5.91 Å². The Bertz CT molecular complexity index is 2290. The first-order chi connectivity index (χ1) is 33.8. The van der Waals surface area contributed by atoms with Gasteiger partial charge in [-0.15, -0.1) is 11.3 Å². The van der Waals surface area contributed by atoms with Crippen LogP contribution in [0.25, 0.3) is 0 Å². The van der Waals surface area contributed by atoms with Crippen LogP contribution in [0.4, 0.5) is 45.2 Å². The summed E-state index contributed by atoms with van der Waals surface area (Å²) in [5.74, 6) is -6.14. The van der Waals surface area contributed by atoms with Crippen molar-refractivity contribution < 1.29 is 93.0 Å². The average molecular weight is 1060 g/mol. The van der Waals surface area contributed by atoms with Crippen molar-refractivity contribution >= 4 is 46.7 Å². The van der Waals surface area contributed by atoms with E-state index in [1.807, 2.05) is 16.3 Å². The van der Waals surface area contributed by atoms with Crippen molar-refractivity contribution in [3.63, 3.8) is 0 Å². The van der Waals surface area contributed by atoms with Crippen molar-refractivity contribution in [2.24, 2.45) is 0 Å². The van der Waals surface area contributed by atoms with Gasteiger partial charge >= 0.3 is 24.3 Å². The Morgan fingerprint density at radius 2 is 1.60 bits per heavy atom. The molecule has 2 aromatic carbocycles. The molecule has 3 aliphatic heterocycles. The number of carboxylic acids is 2. The Kier molecular flexibility index (Phi) is 21.9. The smallest absolute Gasteiger partial charge is 0.490 e. The van der Waals surface area contributed by atoms with Crippen molar-refractivity contribution in [1.29, 1.82) is 0 Å². The first kappa shape index (κ1) is 58.8. The number of thiazole rings is 1. The SMILES string of the molecule is CC(C)c1nc(C(=O)N2CCOC3(CCN(Cc4cccc(CCOCCC(=O)N(CCNCCc5ccc(O)c6c5OCC(=O)N6)CC(F)F)c4F)CC3)C2)cs1.O=C(O)C(F)(F)F.O=C(O)C(F)(F)F. The Morgan fingerprint density at radius 3 is 2.21 bits per heavy atom. The molecule has 4 heterocycles. The second kappa shape index (κ2) is 26.8. The van der Waals surface area contributed by atoms with E-state index in [-0.39, 0.29) is 74.3 Å². The van der Waals surface area contributed by atoms with Crippen LogP contribution in [-0.2, 0) is 48.0 Å². The third kappa shape index (κ3) is 18.1. The molecule has 6 rings (SSSR count). The summed E-state index contributed by atoms with van der Waals surface area (Å²) < 4.78 is 123. The van der Waals surface area contributed by atoms with Crippen molar-refractivity contribution in [3.8, 4) is 11.5 Å². The van der Waals surface area contributed by atoms with Gasteiger partial charge in [0, 0.05) is 56.1 Å². The number of nitrogens with zero attached hydrogens (tertiary/aromatic N) is 4. The molecular weight excluding hydrogens is 1000 g/mol. The summed E-state index contributed by atoms with van der Waals surface area (Å²) in [7, 11) is 0. The van der Waals surface area contributed by atoms with Gasteiger partial charge < -0.3 is 50.0 Å². The molecule has 0 unspecified atom stereocenters. The zero-order valence-corrected chi connectivity index (χ0v) is 39.9. The molecule has 0 saturated carbocycles. The van der Waals surface area contributed by atoms with Crippen molar-refractivity contribution in [2.75, 3.05) is 84.1 Å². The minimum atomic E-state index is -5.08. The number of hydrogen-bond acceptors (Lipinski definition) is 13. The number of rotatable bonds is 18. The van der Waals surface area contributed by atoms with Gasteiger partial charge in [0.25, 0.3) is 18.2 Å². The molecule has 0 aliphatic carbocycles. The lowest BCUT2D eigenvalue weighted by atomic mass is 9.89. The summed E-state index contributed by atoms with van der Waals surface area (Å²) in [6.07, 6.45) is -10.7. The predicted molar refractivity (Wildman–Crippen MR) is 240 cm³/mol. The number of aromatic nitrogens is 1. The van der Waals surface area contributed by atoms with E-state index in [2.05, 4.69) is 34.4 Å². The highest BCUT2D eigenvalue weighted by atomic mass is 32.1. The van der Waals surface area contributed by atoms with Gasteiger partial charge in [-0.1, -0.05) is 38.1 Å². The van der Waals surface area contributed by atoms with E-state index >= 15 is 4.39 Å². The summed E-state index contributed by atoms with van der Waals surface area (Å²) in [4.78, 5) is 65.3. The Labute approximate surface area is 411 Å². The summed E-state index contributed by atoms with van der Waals surface area (Å²) in [6.45, 7) is 7.57. The fourth-order valence-corrected chi connectivity index (χ4v) is 8.31. The van der Waals surface area contributed by atoms with Crippen LogP contribution in [0.3, 0.4) is 0 Å². The highest BCUT2D eigenvalue weighted by Crippen LogP contribution is 2.39. The lowest BCUT2D eigenvalue weighted by Crippen LogP contribution is -2.58. The largest absolute Gasteiger partial charge is 0.506 e. The second-order valence-corrected chi connectivity index (χ2v) is 17.8. The Balaban J connectivity index is 0.000000703. The third-order valence-electron chi connectivity index (χ3n) is 11.2. The van der Waals surface area contributed by atoms with Gasteiger partial charge in [-0.05, 0) is 49.4 Å². The topological polar surface area (TPSA) is 220 Å². The number of fused-ring (bicyclic) bond motifs is 1. The van der Waals surface area contributed by atoms with E-state index in [1.165, 1.54) is 17.4 Å². The molecule has 2 saturated heterocycles. The number of benzene rings is 2. The van der Waals surface area contributed by atoms with Gasteiger partial charge in [-0.25, -0.2) is 27.7 Å². The molecule has 0 radical (unpaired) electrons. The molecule has 5 N–H and O–H groups in total. The van der Waals surface area contributed by atoms with Crippen LogP contribution in [0.5, 0.6) is 11.5 Å². The number of likely N-dealkylation sites (tertiary alicyclic amines) is 1.